The Balaban J connectivity index is 2.24. The van der Waals surface area contributed by atoms with Gasteiger partial charge in [-0.25, -0.2) is 4.98 Å². The number of fused-ring (bicyclic) bond motifs is 1. The smallest absolute Gasteiger partial charge is 0.141 e. The Bertz CT molecular complexity index is 574. The summed E-state index contributed by atoms with van der Waals surface area (Å²) in [6.45, 7) is 0. The predicted octanol–water partition coefficient (Wildman–Crippen LogP) is 3.30. The zero-order valence-corrected chi connectivity index (χ0v) is 9.16. The largest absolute Gasteiger partial charge is 0.349 e. The Labute approximate surface area is 91.8 Å². The summed E-state index contributed by atoms with van der Waals surface area (Å²) in [5.74, 6) is 0. The third kappa shape index (κ3) is 1.36. The number of benzene rings is 1. The van der Waals surface area contributed by atoms with Crippen molar-refractivity contribution in [2.75, 3.05) is 0 Å². The van der Waals surface area contributed by atoms with E-state index < -0.39 is 0 Å². The molecule has 0 fully saturated rings. The number of thiazole rings is 1. The van der Waals surface area contributed by atoms with E-state index in [0.717, 1.165) is 10.5 Å². The van der Waals surface area contributed by atoms with Crippen LogP contribution in [0.3, 0.4) is 0 Å². The number of aryl methyl sites for hydroxylation is 1. The van der Waals surface area contributed by atoms with Gasteiger partial charge in [-0.2, -0.15) is 0 Å². The lowest BCUT2D eigenvalue weighted by Crippen LogP contribution is -1.87. The molecule has 15 heavy (non-hydrogen) atoms. The lowest BCUT2D eigenvalue weighted by Gasteiger charge is -1.96. The van der Waals surface area contributed by atoms with Gasteiger partial charge in [0, 0.05) is 13.2 Å². The first-order chi connectivity index (χ1) is 7.34. The van der Waals surface area contributed by atoms with Crippen molar-refractivity contribution in [2.45, 2.75) is 0 Å². The van der Waals surface area contributed by atoms with Crippen molar-refractivity contribution < 1.29 is 0 Å². The maximum atomic E-state index is 4.61. The number of nitrogens with zero attached hydrogens (tertiary/aromatic N) is 2. The third-order valence-electron chi connectivity index (χ3n) is 2.46. The van der Waals surface area contributed by atoms with E-state index in [0.29, 0.717) is 0 Å². The van der Waals surface area contributed by atoms with Crippen LogP contribution >= 0.6 is 11.3 Å². The summed E-state index contributed by atoms with van der Waals surface area (Å²) in [6, 6.07) is 12.4. The third-order valence-corrected chi connectivity index (χ3v) is 3.52. The number of rotatable bonds is 1. The minimum atomic E-state index is 1.08. The van der Waals surface area contributed by atoms with E-state index in [-0.39, 0.29) is 0 Å². The van der Waals surface area contributed by atoms with Crippen molar-refractivity contribution in [3.8, 4) is 10.7 Å². The summed E-state index contributed by atoms with van der Waals surface area (Å²) in [6.07, 6.45) is 2.04. The molecule has 0 saturated carbocycles. The Morgan fingerprint density at radius 1 is 1.13 bits per heavy atom. The Morgan fingerprint density at radius 3 is 2.73 bits per heavy atom. The molecule has 3 aromatic rings. The van der Waals surface area contributed by atoms with Crippen molar-refractivity contribution in [1.82, 2.24) is 9.55 Å². The van der Waals surface area contributed by atoms with Gasteiger partial charge in [-0.15, -0.1) is 11.3 Å². The molecule has 0 N–H and O–H groups in total. The normalized spacial score (nSPS) is 11.0. The summed E-state index contributed by atoms with van der Waals surface area (Å²) in [7, 11) is 2.04. The van der Waals surface area contributed by atoms with Crippen molar-refractivity contribution >= 4 is 21.6 Å². The van der Waals surface area contributed by atoms with Gasteiger partial charge in [-0.1, -0.05) is 12.1 Å². The summed E-state index contributed by atoms with van der Waals surface area (Å²) in [4.78, 5) is 4.61. The van der Waals surface area contributed by atoms with Gasteiger partial charge in [0.05, 0.1) is 15.9 Å². The number of hydrogen-bond donors (Lipinski definition) is 0. The second-order valence-corrected chi connectivity index (χ2v) is 4.52. The van der Waals surface area contributed by atoms with Gasteiger partial charge in [0.15, 0.2) is 0 Å². The van der Waals surface area contributed by atoms with Crippen LogP contribution in [-0.2, 0) is 7.05 Å². The SMILES string of the molecule is Cn1cccc1-c1nc2ccccc2s1. The maximum absolute atomic E-state index is 4.61. The van der Waals surface area contributed by atoms with Crippen molar-refractivity contribution in [2.24, 2.45) is 7.05 Å². The first kappa shape index (κ1) is 8.68. The lowest BCUT2D eigenvalue weighted by molar-refractivity contribution is 0.936. The molecule has 0 atom stereocenters. The summed E-state index contributed by atoms with van der Waals surface area (Å²) in [5, 5.41) is 1.09. The van der Waals surface area contributed by atoms with E-state index in [2.05, 4.69) is 33.8 Å². The predicted molar refractivity (Wildman–Crippen MR) is 64.0 cm³/mol. The Hall–Kier alpha value is -1.61. The molecule has 0 aliphatic rings. The minimum absolute atomic E-state index is 1.08. The van der Waals surface area contributed by atoms with Crippen LogP contribution in [0.1, 0.15) is 0 Å². The molecule has 0 radical (unpaired) electrons. The van der Waals surface area contributed by atoms with Crippen molar-refractivity contribution in [3.05, 3.63) is 42.6 Å². The number of aromatic nitrogens is 2. The zero-order valence-electron chi connectivity index (χ0n) is 8.34. The summed E-state index contributed by atoms with van der Waals surface area (Å²) >= 11 is 1.74. The molecule has 2 heterocycles. The van der Waals surface area contributed by atoms with Crippen LogP contribution in [0, 0.1) is 0 Å². The van der Waals surface area contributed by atoms with Gasteiger partial charge < -0.3 is 4.57 Å². The first-order valence-electron chi connectivity index (χ1n) is 4.82. The quantitative estimate of drug-likeness (QED) is 0.607. The van der Waals surface area contributed by atoms with Crippen molar-refractivity contribution in [3.63, 3.8) is 0 Å². The molecule has 0 amide bonds. The van der Waals surface area contributed by atoms with E-state index in [4.69, 9.17) is 0 Å². The molecule has 0 bridgehead atoms. The molecule has 2 aromatic heterocycles. The molecule has 0 aliphatic heterocycles. The molecule has 74 valence electrons. The van der Waals surface area contributed by atoms with Crippen molar-refractivity contribution in [1.29, 1.82) is 0 Å². The van der Waals surface area contributed by atoms with Gasteiger partial charge in [0.2, 0.25) is 0 Å². The summed E-state index contributed by atoms with van der Waals surface area (Å²) < 4.78 is 3.34. The van der Waals surface area contributed by atoms with Crippen LogP contribution < -0.4 is 0 Å². The van der Waals surface area contributed by atoms with Gasteiger partial charge >= 0.3 is 0 Å². The molecule has 0 aliphatic carbocycles. The molecule has 0 spiro atoms. The van der Waals surface area contributed by atoms with Gasteiger partial charge in [-0.05, 0) is 24.3 Å². The summed E-state index contributed by atoms with van der Waals surface area (Å²) in [5.41, 5.74) is 2.26. The van der Waals surface area contributed by atoms with Crippen LogP contribution in [0.25, 0.3) is 20.9 Å². The lowest BCUT2D eigenvalue weighted by atomic mass is 10.3. The second kappa shape index (κ2) is 3.21. The first-order valence-corrected chi connectivity index (χ1v) is 5.63. The van der Waals surface area contributed by atoms with E-state index in [1.54, 1.807) is 11.3 Å². The van der Waals surface area contributed by atoms with E-state index in [1.165, 1.54) is 10.4 Å². The fourth-order valence-corrected chi connectivity index (χ4v) is 2.70. The highest BCUT2D eigenvalue weighted by molar-refractivity contribution is 7.21. The molecule has 1 aromatic carbocycles. The zero-order chi connectivity index (χ0) is 10.3. The molecule has 3 heteroatoms. The van der Waals surface area contributed by atoms with Crippen LogP contribution in [-0.4, -0.2) is 9.55 Å². The maximum Gasteiger partial charge on any atom is 0.141 e. The van der Waals surface area contributed by atoms with Crippen LogP contribution in [0.4, 0.5) is 0 Å². The Morgan fingerprint density at radius 2 is 2.00 bits per heavy atom. The minimum Gasteiger partial charge on any atom is -0.349 e. The average Bonchev–Trinajstić information content (AvgIpc) is 2.82. The second-order valence-electron chi connectivity index (χ2n) is 3.49. The van der Waals surface area contributed by atoms with E-state index in [9.17, 15) is 0 Å². The molecule has 2 nitrogen and oxygen atoms in total. The highest BCUT2D eigenvalue weighted by Crippen LogP contribution is 2.29. The molecular weight excluding hydrogens is 204 g/mol. The van der Waals surface area contributed by atoms with E-state index in [1.807, 2.05) is 25.4 Å². The van der Waals surface area contributed by atoms with Gasteiger partial charge in [0.25, 0.3) is 0 Å². The average molecular weight is 214 g/mol. The number of hydrogen-bond acceptors (Lipinski definition) is 2. The number of para-hydroxylation sites is 1. The molecule has 0 unspecified atom stereocenters. The Kier molecular flexibility index (Phi) is 1.86. The highest BCUT2D eigenvalue weighted by atomic mass is 32.1. The standard InChI is InChI=1S/C12H10N2S/c1-14-8-4-6-10(14)12-13-9-5-2-3-7-11(9)15-12/h2-8H,1H3. The fraction of sp³-hybridized carbons (Fsp3) is 0.0833. The van der Waals surface area contributed by atoms with Gasteiger partial charge in [-0.3, -0.25) is 0 Å². The van der Waals surface area contributed by atoms with Crippen LogP contribution in [0.2, 0.25) is 0 Å². The molecule has 0 saturated heterocycles. The van der Waals surface area contributed by atoms with Crippen LogP contribution in [0.5, 0.6) is 0 Å². The topological polar surface area (TPSA) is 17.8 Å². The molecule has 3 rings (SSSR count). The fourth-order valence-electron chi connectivity index (χ4n) is 1.67. The van der Waals surface area contributed by atoms with Crippen LogP contribution in [0.15, 0.2) is 42.6 Å². The monoisotopic (exact) mass is 214 g/mol. The van der Waals surface area contributed by atoms with Gasteiger partial charge in [0.1, 0.15) is 5.01 Å². The van der Waals surface area contributed by atoms with E-state index >= 15 is 0 Å². The highest BCUT2D eigenvalue weighted by Gasteiger charge is 2.07. The molecular formula is C12H10N2S.